The quantitative estimate of drug-likeness (QED) is 0.821. The van der Waals surface area contributed by atoms with Crippen LogP contribution in [0.4, 0.5) is 0 Å². The molecule has 1 fully saturated rings. The van der Waals surface area contributed by atoms with Crippen molar-refractivity contribution in [1.82, 2.24) is 0 Å². The maximum Gasteiger partial charge on any atom is 0.492 e. The van der Waals surface area contributed by atoms with Crippen molar-refractivity contribution in [2.75, 3.05) is 13.2 Å². The van der Waals surface area contributed by atoms with Crippen LogP contribution < -0.4 is 10.2 Å². The highest BCUT2D eigenvalue weighted by molar-refractivity contribution is 6.63. The predicted molar refractivity (Wildman–Crippen MR) is 78.2 cm³/mol. The molecule has 1 aliphatic heterocycles. The van der Waals surface area contributed by atoms with Gasteiger partial charge in [0.1, 0.15) is 11.9 Å². The largest absolute Gasteiger partial charge is 0.492 e. The summed E-state index contributed by atoms with van der Waals surface area (Å²) in [7, 11) is -1.55. The summed E-state index contributed by atoms with van der Waals surface area (Å²) in [5.74, 6) is 0.547. The van der Waals surface area contributed by atoms with Gasteiger partial charge in [-0.15, -0.1) is 0 Å². The van der Waals surface area contributed by atoms with Gasteiger partial charge in [-0.05, 0) is 16.8 Å². The SMILES string of the molecule is OB(O)c1c(OC2CCOCC2)ccc2ccccc12. The second kappa shape index (κ2) is 5.83. The molecule has 1 heterocycles. The van der Waals surface area contributed by atoms with Gasteiger partial charge in [0.15, 0.2) is 0 Å². The lowest BCUT2D eigenvalue weighted by Gasteiger charge is -2.25. The fourth-order valence-electron chi connectivity index (χ4n) is 2.62. The lowest BCUT2D eigenvalue weighted by atomic mass is 9.76. The molecule has 3 rings (SSSR count). The number of benzene rings is 2. The molecule has 0 amide bonds. The van der Waals surface area contributed by atoms with Crippen LogP contribution in [0.3, 0.4) is 0 Å². The summed E-state index contributed by atoms with van der Waals surface area (Å²) in [6, 6.07) is 11.4. The van der Waals surface area contributed by atoms with Gasteiger partial charge < -0.3 is 19.5 Å². The highest BCUT2D eigenvalue weighted by atomic mass is 16.5. The molecule has 2 N–H and O–H groups in total. The Morgan fingerprint density at radius 1 is 1.05 bits per heavy atom. The molecule has 1 saturated heterocycles. The third kappa shape index (κ3) is 2.65. The first-order chi connectivity index (χ1) is 9.75. The summed E-state index contributed by atoms with van der Waals surface area (Å²) in [4.78, 5) is 0. The second-order valence-electron chi connectivity index (χ2n) is 5.00. The molecule has 1 aliphatic rings. The van der Waals surface area contributed by atoms with E-state index in [9.17, 15) is 10.0 Å². The fourth-order valence-corrected chi connectivity index (χ4v) is 2.62. The average molecular weight is 272 g/mol. The van der Waals surface area contributed by atoms with Gasteiger partial charge in [0, 0.05) is 18.3 Å². The predicted octanol–water partition coefficient (Wildman–Crippen LogP) is 1.08. The van der Waals surface area contributed by atoms with Crippen LogP contribution in [0, 0.1) is 0 Å². The maximum absolute atomic E-state index is 9.68. The molecule has 0 atom stereocenters. The Balaban J connectivity index is 1.98. The Hall–Kier alpha value is -1.56. The molecule has 0 aliphatic carbocycles. The van der Waals surface area contributed by atoms with Crippen molar-refractivity contribution in [3.8, 4) is 5.75 Å². The van der Waals surface area contributed by atoms with E-state index < -0.39 is 7.12 Å². The van der Waals surface area contributed by atoms with E-state index in [0.717, 1.165) is 23.6 Å². The molecular formula is C15H17BO4. The van der Waals surface area contributed by atoms with Crippen molar-refractivity contribution in [3.05, 3.63) is 36.4 Å². The molecule has 20 heavy (non-hydrogen) atoms. The Labute approximate surface area is 118 Å². The van der Waals surface area contributed by atoms with Crippen molar-refractivity contribution in [2.24, 2.45) is 0 Å². The van der Waals surface area contributed by atoms with Crippen LogP contribution in [-0.4, -0.2) is 36.5 Å². The molecule has 0 bridgehead atoms. The molecule has 2 aromatic carbocycles. The lowest BCUT2D eigenvalue weighted by molar-refractivity contribution is 0.0259. The smallest absolute Gasteiger partial charge is 0.491 e. The fraction of sp³-hybridized carbons (Fsp3) is 0.333. The molecule has 5 heteroatoms. The van der Waals surface area contributed by atoms with E-state index in [1.807, 2.05) is 36.4 Å². The van der Waals surface area contributed by atoms with Gasteiger partial charge in [-0.1, -0.05) is 30.3 Å². The van der Waals surface area contributed by atoms with Crippen LogP contribution in [0.1, 0.15) is 12.8 Å². The molecule has 0 spiro atoms. The summed E-state index contributed by atoms with van der Waals surface area (Å²) in [6.07, 6.45) is 1.73. The minimum absolute atomic E-state index is 0.0717. The first-order valence-corrected chi connectivity index (χ1v) is 6.88. The van der Waals surface area contributed by atoms with Crippen molar-refractivity contribution in [1.29, 1.82) is 0 Å². The van der Waals surface area contributed by atoms with Crippen molar-refractivity contribution >= 4 is 23.4 Å². The number of fused-ring (bicyclic) bond motifs is 1. The van der Waals surface area contributed by atoms with Crippen molar-refractivity contribution in [2.45, 2.75) is 18.9 Å². The first kappa shape index (κ1) is 13.4. The molecule has 0 saturated carbocycles. The van der Waals surface area contributed by atoms with E-state index in [0.29, 0.717) is 24.4 Å². The zero-order chi connectivity index (χ0) is 13.9. The third-order valence-electron chi connectivity index (χ3n) is 3.65. The lowest BCUT2D eigenvalue weighted by Crippen LogP contribution is -2.35. The van der Waals surface area contributed by atoms with Gasteiger partial charge in [-0.2, -0.15) is 0 Å². The van der Waals surface area contributed by atoms with E-state index in [1.54, 1.807) is 0 Å². The van der Waals surface area contributed by atoms with Gasteiger partial charge in [-0.3, -0.25) is 0 Å². The average Bonchev–Trinajstić information content (AvgIpc) is 2.47. The zero-order valence-electron chi connectivity index (χ0n) is 11.2. The topological polar surface area (TPSA) is 58.9 Å². The van der Waals surface area contributed by atoms with E-state index >= 15 is 0 Å². The van der Waals surface area contributed by atoms with E-state index in [4.69, 9.17) is 9.47 Å². The number of rotatable bonds is 3. The van der Waals surface area contributed by atoms with E-state index in [2.05, 4.69) is 0 Å². The van der Waals surface area contributed by atoms with E-state index in [-0.39, 0.29) is 6.10 Å². The molecular weight excluding hydrogens is 255 g/mol. The second-order valence-corrected chi connectivity index (χ2v) is 5.00. The van der Waals surface area contributed by atoms with Crippen LogP contribution in [0.15, 0.2) is 36.4 Å². The Bertz CT molecular complexity index is 593. The van der Waals surface area contributed by atoms with Crippen LogP contribution in [0.5, 0.6) is 5.75 Å². The summed E-state index contributed by atoms with van der Waals surface area (Å²) >= 11 is 0. The van der Waals surface area contributed by atoms with Crippen LogP contribution in [-0.2, 0) is 4.74 Å². The monoisotopic (exact) mass is 272 g/mol. The Kier molecular flexibility index (Phi) is 3.92. The van der Waals surface area contributed by atoms with Gasteiger partial charge in [0.05, 0.1) is 13.2 Å². The third-order valence-corrected chi connectivity index (χ3v) is 3.65. The normalized spacial score (nSPS) is 16.3. The highest BCUT2D eigenvalue weighted by Crippen LogP contribution is 2.22. The molecule has 0 radical (unpaired) electrons. The van der Waals surface area contributed by atoms with Crippen molar-refractivity contribution in [3.63, 3.8) is 0 Å². The highest BCUT2D eigenvalue weighted by Gasteiger charge is 2.23. The molecule has 0 unspecified atom stereocenters. The van der Waals surface area contributed by atoms with Crippen LogP contribution >= 0.6 is 0 Å². The summed E-state index contributed by atoms with van der Waals surface area (Å²) in [5.41, 5.74) is 0.439. The van der Waals surface area contributed by atoms with Crippen LogP contribution in [0.25, 0.3) is 10.8 Å². The Morgan fingerprint density at radius 2 is 1.80 bits per heavy atom. The molecule has 104 valence electrons. The van der Waals surface area contributed by atoms with Gasteiger partial charge in [0.2, 0.25) is 0 Å². The summed E-state index contributed by atoms with van der Waals surface area (Å²) < 4.78 is 11.3. The first-order valence-electron chi connectivity index (χ1n) is 6.88. The van der Waals surface area contributed by atoms with Crippen LogP contribution in [0.2, 0.25) is 0 Å². The minimum atomic E-state index is -1.55. The Morgan fingerprint density at radius 3 is 2.55 bits per heavy atom. The summed E-state index contributed by atoms with van der Waals surface area (Å²) in [5, 5.41) is 21.1. The number of hydrogen-bond donors (Lipinski definition) is 2. The molecule has 4 nitrogen and oxygen atoms in total. The molecule has 2 aromatic rings. The minimum Gasteiger partial charge on any atom is -0.491 e. The number of ether oxygens (including phenoxy) is 2. The number of hydrogen-bond acceptors (Lipinski definition) is 4. The van der Waals surface area contributed by atoms with Gasteiger partial charge >= 0.3 is 7.12 Å². The maximum atomic E-state index is 9.68. The summed E-state index contributed by atoms with van der Waals surface area (Å²) in [6.45, 7) is 1.38. The van der Waals surface area contributed by atoms with Gasteiger partial charge in [-0.25, -0.2) is 0 Å². The standard InChI is InChI=1S/C15H17BO4/c17-16(18)15-13-4-2-1-3-11(13)5-6-14(15)20-12-7-9-19-10-8-12/h1-6,12,17-18H,7-10H2. The molecule has 0 aromatic heterocycles. The van der Waals surface area contributed by atoms with Crippen molar-refractivity contribution < 1.29 is 19.5 Å². The van der Waals surface area contributed by atoms with Gasteiger partial charge in [0.25, 0.3) is 0 Å². The zero-order valence-corrected chi connectivity index (χ0v) is 11.2. The van der Waals surface area contributed by atoms with E-state index in [1.165, 1.54) is 0 Å².